The second kappa shape index (κ2) is 17.1. The van der Waals surface area contributed by atoms with Gasteiger partial charge in [-0.3, -0.25) is 0 Å². The van der Waals surface area contributed by atoms with Gasteiger partial charge in [-0.05, 0) is 86.7 Å². The van der Waals surface area contributed by atoms with E-state index in [-0.39, 0.29) is 0 Å². The van der Waals surface area contributed by atoms with Crippen molar-refractivity contribution in [3.05, 3.63) is 263 Å². The number of carbonyl (C=O) groups is 1. The Hall–Kier alpha value is -8.25. The van der Waals surface area contributed by atoms with E-state index >= 15 is 0 Å². The lowest BCUT2D eigenvalue weighted by Crippen LogP contribution is -2.37. The Bertz CT molecular complexity index is 3430. The number of rotatable bonds is 6. The molecule has 13 rings (SSSR count). The van der Waals surface area contributed by atoms with Gasteiger partial charge in [-0.25, -0.2) is 4.79 Å². The summed E-state index contributed by atoms with van der Waals surface area (Å²) in [6, 6.07) is 73.0. The van der Waals surface area contributed by atoms with E-state index in [0.717, 1.165) is 65.3 Å². The molecular weight excluding hydrogens is 847 g/mol. The molecule has 0 radical (unpaired) electrons. The van der Waals surface area contributed by atoms with E-state index in [2.05, 4.69) is 175 Å². The lowest BCUT2D eigenvalue weighted by atomic mass is 9.68. The van der Waals surface area contributed by atoms with Gasteiger partial charge in [0.05, 0.1) is 18.6 Å². The number of nitrogens with zero attached hydrogens (tertiary/aromatic N) is 1. The van der Waals surface area contributed by atoms with Gasteiger partial charge in [-0.15, -0.1) is 0 Å². The molecule has 4 aliphatic rings. The number of hydrogen-bond donors (Lipinski definition) is 0. The van der Waals surface area contributed by atoms with E-state index in [9.17, 15) is 4.79 Å². The minimum atomic E-state index is -0.821. The van der Waals surface area contributed by atoms with Crippen molar-refractivity contribution in [3.8, 4) is 44.9 Å². The van der Waals surface area contributed by atoms with Gasteiger partial charge in [0.25, 0.3) is 0 Å². The highest BCUT2D eigenvalue weighted by atomic mass is 16.5. The number of esters is 1. The topological polar surface area (TPSA) is 48.0 Å². The number of fused-ring (bicyclic) bond motifs is 15. The summed E-state index contributed by atoms with van der Waals surface area (Å²) in [6.45, 7) is 8.54. The number of ether oxygens (including phenoxy) is 3. The molecule has 5 nitrogen and oxygen atoms in total. The van der Waals surface area contributed by atoms with Crippen LogP contribution < -0.4 is 14.4 Å². The molecule has 9 aromatic rings. The summed E-state index contributed by atoms with van der Waals surface area (Å²) < 4.78 is 18.6. The van der Waals surface area contributed by atoms with Crippen molar-refractivity contribution in [2.24, 2.45) is 0 Å². The van der Waals surface area contributed by atoms with Crippen LogP contribution in [0.2, 0.25) is 0 Å². The maximum atomic E-state index is 11.6. The molecule has 0 bridgehead atoms. The summed E-state index contributed by atoms with van der Waals surface area (Å²) in [5.74, 6) is 1.08. The first-order valence-corrected chi connectivity index (χ1v) is 23.7. The Kier molecular flexibility index (Phi) is 10.5. The molecule has 1 fully saturated rings. The van der Waals surface area contributed by atoms with Crippen molar-refractivity contribution in [2.45, 2.75) is 17.9 Å². The second-order valence-electron chi connectivity index (χ2n) is 18.1. The molecule has 1 saturated heterocycles. The fourth-order valence-corrected chi connectivity index (χ4v) is 11.2. The molecule has 1 unspecified atom stereocenters. The average Bonchev–Trinajstić information content (AvgIpc) is 3.90. The first kappa shape index (κ1) is 42.1. The van der Waals surface area contributed by atoms with Crippen LogP contribution in [0, 0.1) is 0 Å². The Morgan fingerprint density at radius 3 is 1.74 bits per heavy atom. The van der Waals surface area contributed by atoms with E-state index in [0.29, 0.717) is 11.3 Å². The summed E-state index contributed by atoms with van der Waals surface area (Å²) in [5.41, 5.74) is 16.1. The predicted molar refractivity (Wildman–Crippen MR) is 279 cm³/mol. The molecule has 1 atom stereocenters. The van der Waals surface area contributed by atoms with Crippen molar-refractivity contribution < 1.29 is 19.0 Å². The molecule has 2 aliphatic heterocycles. The third-order valence-corrected chi connectivity index (χ3v) is 14.3. The minimum absolute atomic E-state index is 0.387. The molecule has 0 aromatic heterocycles. The van der Waals surface area contributed by atoms with Gasteiger partial charge in [-0.2, -0.15) is 0 Å². The van der Waals surface area contributed by atoms with Crippen molar-refractivity contribution in [2.75, 3.05) is 31.2 Å². The largest absolute Gasteiger partial charge is 0.472 e. The second-order valence-corrected chi connectivity index (χ2v) is 18.1. The lowest BCUT2D eigenvalue weighted by molar-refractivity contribution is -0.130. The molecule has 1 spiro atoms. The van der Waals surface area contributed by atoms with Crippen LogP contribution in [0.25, 0.3) is 50.2 Å². The van der Waals surface area contributed by atoms with Crippen molar-refractivity contribution >= 4 is 28.5 Å². The number of benzene rings is 9. The zero-order valence-electron chi connectivity index (χ0n) is 38.4. The molecule has 0 saturated carbocycles. The van der Waals surface area contributed by atoms with Crippen LogP contribution in [-0.2, 0) is 20.5 Å². The molecule has 5 heteroatoms. The van der Waals surface area contributed by atoms with Crippen LogP contribution in [0.3, 0.4) is 0 Å². The van der Waals surface area contributed by atoms with E-state index in [1.807, 2.05) is 48.5 Å². The zero-order chi connectivity index (χ0) is 46.5. The van der Waals surface area contributed by atoms with E-state index in [1.165, 1.54) is 55.6 Å². The van der Waals surface area contributed by atoms with Crippen molar-refractivity contribution in [1.29, 1.82) is 0 Å². The van der Waals surface area contributed by atoms with Crippen molar-refractivity contribution in [1.82, 2.24) is 0 Å². The van der Waals surface area contributed by atoms with E-state index < -0.39 is 17.0 Å². The number of carbonyl (C=O) groups excluding carboxylic acids is 1. The van der Waals surface area contributed by atoms with Crippen LogP contribution in [-0.4, -0.2) is 32.3 Å². The number of anilines is 1. The summed E-state index contributed by atoms with van der Waals surface area (Å²) in [5, 5.41) is 2.35. The Balaban J connectivity index is 0.000000231. The summed E-state index contributed by atoms with van der Waals surface area (Å²) in [4.78, 5) is 14.0. The standard InChI is InChI=1S/C48H35NO2.C16H14O2/c1-2-12-32(13-3-1)47(33-22-24-34(25-23-33)49-28-30-50-31-29-49)27-26-40-45-44(37-16-4-5-17-38(37)46(40)51-47)39-18-8-11-21-43(39)48(45)41-19-9-6-14-35(41)36-15-7-10-20-42(36)48;1-12(2)16(17)18-15-11-7-6-10-14(15)13-8-4-3-5-9-13/h1-27H,28-31H2;3-11H,1H2,2H3. The van der Waals surface area contributed by atoms with Gasteiger partial charge in [0.2, 0.25) is 0 Å². The highest BCUT2D eigenvalue weighted by Gasteiger charge is 2.54. The third-order valence-electron chi connectivity index (χ3n) is 14.3. The van der Waals surface area contributed by atoms with Gasteiger partial charge < -0.3 is 19.1 Å². The van der Waals surface area contributed by atoms with Gasteiger partial charge in [0.15, 0.2) is 5.60 Å². The lowest BCUT2D eigenvalue weighted by Gasteiger charge is -2.39. The maximum Gasteiger partial charge on any atom is 0.338 e. The Morgan fingerprint density at radius 2 is 1.09 bits per heavy atom. The van der Waals surface area contributed by atoms with Crippen LogP contribution in [0.1, 0.15) is 45.9 Å². The van der Waals surface area contributed by atoms with Crippen LogP contribution in [0.4, 0.5) is 5.69 Å². The highest BCUT2D eigenvalue weighted by Crippen LogP contribution is 2.66. The van der Waals surface area contributed by atoms with Crippen LogP contribution >= 0.6 is 0 Å². The smallest absolute Gasteiger partial charge is 0.338 e. The zero-order valence-corrected chi connectivity index (χ0v) is 38.4. The molecule has 2 heterocycles. The van der Waals surface area contributed by atoms with Crippen LogP contribution in [0.5, 0.6) is 11.5 Å². The fourth-order valence-electron chi connectivity index (χ4n) is 11.2. The third kappa shape index (κ3) is 6.76. The summed E-state index contributed by atoms with van der Waals surface area (Å²) >= 11 is 0. The first-order valence-electron chi connectivity index (χ1n) is 23.7. The van der Waals surface area contributed by atoms with Gasteiger partial charge in [0.1, 0.15) is 11.5 Å². The fraction of sp³-hybridized carbons (Fsp3) is 0.109. The quantitative estimate of drug-likeness (QED) is 0.0945. The maximum absolute atomic E-state index is 11.6. The molecule has 0 N–H and O–H groups in total. The van der Waals surface area contributed by atoms with E-state index in [1.54, 1.807) is 13.0 Å². The monoisotopic (exact) mass is 895 g/mol. The molecule has 0 amide bonds. The molecule has 69 heavy (non-hydrogen) atoms. The number of morpholine rings is 1. The highest BCUT2D eigenvalue weighted by molar-refractivity contribution is 6.11. The Morgan fingerprint density at radius 1 is 0.565 bits per heavy atom. The van der Waals surface area contributed by atoms with Gasteiger partial charge >= 0.3 is 5.97 Å². The number of hydrogen-bond acceptors (Lipinski definition) is 5. The van der Waals surface area contributed by atoms with E-state index in [4.69, 9.17) is 14.2 Å². The summed E-state index contributed by atoms with van der Waals surface area (Å²) in [7, 11) is 0. The van der Waals surface area contributed by atoms with Crippen LogP contribution in [0.15, 0.2) is 224 Å². The molecule has 9 aromatic carbocycles. The minimum Gasteiger partial charge on any atom is -0.472 e. The first-order chi connectivity index (χ1) is 34.0. The average molecular weight is 896 g/mol. The van der Waals surface area contributed by atoms with Gasteiger partial charge in [-0.1, -0.05) is 201 Å². The molecule has 334 valence electrons. The van der Waals surface area contributed by atoms with Gasteiger partial charge in [0, 0.05) is 52.0 Å². The number of para-hydroxylation sites is 1. The SMILES string of the molecule is C1=CC(c2ccccc2)(c2ccc(N3CCOCC3)cc2)Oc2c1c1c(c3ccccc23)-c2ccccc2C12c1ccccc1-c1ccccc12.C=C(C)C(=O)Oc1ccccc1-c1ccccc1. The predicted octanol–water partition coefficient (Wildman–Crippen LogP) is 14.2. The van der Waals surface area contributed by atoms with Crippen molar-refractivity contribution in [3.63, 3.8) is 0 Å². The normalized spacial score (nSPS) is 16.5. The summed E-state index contributed by atoms with van der Waals surface area (Å²) in [6.07, 6.45) is 4.69. The molecular formula is C64H49NO4. The molecule has 2 aliphatic carbocycles. The Labute approximate surface area is 403 Å².